The van der Waals surface area contributed by atoms with Crippen LogP contribution in [0.3, 0.4) is 0 Å². The largest absolute Gasteiger partial charge is 0.356 e. The van der Waals surface area contributed by atoms with E-state index in [1.807, 2.05) is 6.92 Å². The first-order chi connectivity index (χ1) is 6.70. The van der Waals surface area contributed by atoms with E-state index in [4.69, 9.17) is 5.84 Å². The Hall–Kier alpha value is -0.810. The molecule has 0 aromatic carbocycles. The molecule has 5 heteroatoms. The molecule has 0 fully saturated rings. The van der Waals surface area contributed by atoms with Crippen LogP contribution in [0.25, 0.3) is 0 Å². The summed E-state index contributed by atoms with van der Waals surface area (Å²) in [4.78, 5) is 6.46. The highest BCUT2D eigenvalue weighted by Gasteiger charge is 1.93. The molecule has 0 unspecified atom stereocenters. The van der Waals surface area contributed by atoms with Gasteiger partial charge in [-0.05, 0) is 40.4 Å². The number of guanidine groups is 1. The van der Waals surface area contributed by atoms with E-state index in [2.05, 4.69) is 34.7 Å². The highest BCUT2D eigenvalue weighted by Crippen LogP contribution is 1.91. The van der Waals surface area contributed by atoms with Gasteiger partial charge in [0.15, 0.2) is 0 Å². The van der Waals surface area contributed by atoms with Gasteiger partial charge in [-0.1, -0.05) is 0 Å². The third-order valence-electron chi connectivity index (χ3n) is 1.76. The standard InChI is InChI=1S/C9H23N5/c1-4-11-9(13-10)12-7-5-6-8-14(2)3/h4-8,10H2,1-3H3,(H2,11,12,13). The number of unbranched alkanes of at least 4 members (excludes halogenated alkanes) is 1. The summed E-state index contributed by atoms with van der Waals surface area (Å²) in [6.45, 7) is 4.78. The Morgan fingerprint density at radius 1 is 1.36 bits per heavy atom. The SMILES string of the molecule is CCNC(=NCCCCN(C)C)NN. The predicted molar refractivity (Wildman–Crippen MR) is 61.1 cm³/mol. The molecule has 0 amide bonds. The maximum atomic E-state index is 5.27. The first-order valence-electron chi connectivity index (χ1n) is 5.10. The smallest absolute Gasteiger partial charge is 0.205 e. The molecule has 0 bridgehead atoms. The van der Waals surface area contributed by atoms with E-state index in [1.54, 1.807) is 0 Å². The molecule has 0 atom stereocenters. The Labute approximate surface area is 86.7 Å². The van der Waals surface area contributed by atoms with E-state index >= 15 is 0 Å². The Bertz CT molecular complexity index is 155. The molecule has 0 radical (unpaired) electrons. The average Bonchev–Trinajstić information content (AvgIpc) is 2.15. The lowest BCUT2D eigenvalue weighted by Crippen LogP contribution is -2.41. The molecule has 0 heterocycles. The van der Waals surface area contributed by atoms with Gasteiger partial charge in [-0.15, -0.1) is 0 Å². The van der Waals surface area contributed by atoms with Crippen molar-refractivity contribution < 1.29 is 0 Å². The molecule has 14 heavy (non-hydrogen) atoms. The number of nitrogens with two attached hydrogens (primary N) is 1. The lowest BCUT2D eigenvalue weighted by Gasteiger charge is -2.08. The van der Waals surface area contributed by atoms with Crippen LogP contribution in [0, 0.1) is 0 Å². The fourth-order valence-corrected chi connectivity index (χ4v) is 1.05. The number of rotatable bonds is 6. The van der Waals surface area contributed by atoms with Crippen molar-refractivity contribution in [3.63, 3.8) is 0 Å². The van der Waals surface area contributed by atoms with Gasteiger partial charge >= 0.3 is 0 Å². The molecule has 0 spiro atoms. The fourth-order valence-electron chi connectivity index (χ4n) is 1.05. The van der Waals surface area contributed by atoms with Crippen molar-refractivity contribution in [1.82, 2.24) is 15.6 Å². The second-order valence-corrected chi connectivity index (χ2v) is 3.42. The van der Waals surface area contributed by atoms with E-state index < -0.39 is 0 Å². The minimum absolute atomic E-state index is 0.678. The summed E-state index contributed by atoms with van der Waals surface area (Å²) in [5.74, 6) is 5.95. The molecule has 0 rings (SSSR count). The highest BCUT2D eigenvalue weighted by molar-refractivity contribution is 5.78. The molecule has 4 N–H and O–H groups in total. The van der Waals surface area contributed by atoms with Crippen molar-refractivity contribution in [2.24, 2.45) is 10.8 Å². The minimum atomic E-state index is 0.678. The zero-order chi connectivity index (χ0) is 10.8. The van der Waals surface area contributed by atoms with Crippen molar-refractivity contribution in [2.75, 3.05) is 33.7 Å². The lowest BCUT2D eigenvalue weighted by molar-refractivity contribution is 0.396. The van der Waals surface area contributed by atoms with Crippen molar-refractivity contribution in [2.45, 2.75) is 19.8 Å². The van der Waals surface area contributed by atoms with Crippen LogP contribution in [-0.4, -0.2) is 44.6 Å². The number of nitrogens with zero attached hydrogens (tertiary/aromatic N) is 2. The molecule has 0 aromatic heterocycles. The maximum absolute atomic E-state index is 5.27. The van der Waals surface area contributed by atoms with Gasteiger partial charge in [-0.3, -0.25) is 10.4 Å². The molecule has 0 saturated carbocycles. The number of nitrogens with one attached hydrogen (secondary N) is 2. The number of hydrogen-bond acceptors (Lipinski definition) is 3. The molecule has 84 valence electrons. The molecular formula is C9H23N5. The summed E-state index contributed by atoms with van der Waals surface area (Å²) in [6.07, 6.45) is 2.26. The molecule has 5 nitrogen and oxygen atoms in total. The maximum Gasteiger partial charge on any atom is 0.205 e. The third-order valence-corrected chi connectivity index (χ3v) is 1.76. The summed E-state index contributed by atoms with van der Waals surface area (Å²) in [6, 6.07) is 0. The van der Waals surface area contributed by atoms with Crippen LogP contribution in [0.5, 0.6) is 0 Å². The average molecular weight is 201 g/mol. The molecular weight excluding hydrogens is 178 g/mol. The summed E-state index contributed by atoms with van der Waals surface area (Å²) in [5.41, 5.74) is 2.53. The molecule has 0 aliphatic carbocycles. The van der Waals surface area contributed by atoms with Crippen LogP contribution in [0.4, 0.5) is 0 Å². The summed E-state index contributed by atoms with van der Waals surface area (Å²) in [7, 11) is 4.16. The number of hydrazine groups is 1. The Balaban J connectivity index is 3.47. The molecule has 0 saturated heterocycles. The van der Waals surface area contributed by atoms with Gasteiger partial charge in [0, 0.05) is 13.1 Å². The Morgan fingerprint density at radius 3 is 2.57 bits per heavy atom. The van der Waals surface area contributed by atoms with E-state index in [-0.39, 0.29) is 0 Å². The van der Waals surface area contributed by atoms with Crippen LogP contribution in [0.1, 0.15) is 19.8 Å². The van der Waals surface area contributed by atoms with Crippen LogP contribution in [-0.2, 0) is 0 Å². The molecule has 0 aliphatic heterocycles. The van der Waals surface area contributed by atoms with Crippen molar-refractivity contribution in [3.05, 3.63) is 0 Å². The van der Waals surface area contributed by atoms with Crippen molar-refractivity contribution in [3.8, 4) is 0 Å². The molecule has 0 aliphatic rings. The zero-order valence-electron chi connectivity index (χ0n) is 9.51. The quantitative estimate of drug-likeness (QED) is 0.182. The van der Waals surface area contributed by atoms with E-state index in [0.717, 1.165) is 26.1 Å². The van der Waals surface area contributed by atoms with Gasteiger partial charge in [-0.2, -0.15) is 0 Å². The summed E-state index contributed by atoms with van der Waals surface area (Å²) < 4.78 is 0. The van der Waals surface area contributed by atoms with Crippen LogP contribution in [0.2, 0.25) is 0 Å². The zero-order valence-corrected chi connectivity index (χ0v) is 9.51. The van der Waals surface area contributed by atoms with Gasteiger partial charge in [0.2, 0.25) is 5.96 Å². The Kier molecular flexibility index (Phi) is 8.27. The summed E-state index contributed by atoms with van der Waals surface area (Å²) in [5, 5.41) is 3.04. The fraction of sp³-hybridized carbons (Fsp3) is 0.889. The van der Waals surface area contributed by atoms with E-state index in [0.29, 0.717) is 5.96 Å². The van der Waals surface area contributed by atoms with E-state index in [9.17, 15) is 0 Å². The van der Waals surface area contributed by atoms with Crippen LogP contribution >= 0.6 is 0 Å². The summed E-state index contributed by atoms with van der Waals surface area (Å²) >= 11 is 0. The normalized spacial score (nSPS) is 11.9. The first kappa shape index (κ1) is 13.2. The van der Waals surface area contributed by atoms with Gasteiger partial charge in [0.1, 0.15) is 0 Å². The second kappa shape index (κ2) is 8.77. The lowest BCUT2D eigenvalue weighted by atomic mass is 10.3. The number of hydrogen-bond donors (Lipinski definition) is 3. The van der Waals surface area contributed by atoms with Crippen LogP contribution < -0.4 is 16.6 Å². The van der Waals surface area contributed by atoms with Gasteiger partial charge < -0.3 is 10.2 Å². The van der Waals surface area contributed by atoms with Gasteiger partial charge in [0.05, 0.1) is 0 Å². The van der Waals surface area contributed by atoms with Gasteiger partial charge in [0.25, 0.3) is 0 Å². The van der Waals surface area contributed by atoms with Crippen molar-refractivity contribution in [1.29, 1.82) is 0 Å². The van der Waals surface area contributed by atoms with Crippen LogP contribution in [0.15, 0.2) is 4.99 Å². The molecule has 0 aromatic rings. The monoisotopic (exact) mass is 201 g/mol. The Morgan fingerprint density at radius 2 is 2.07 bits per heavy atom. The minimum Gasteiger partial charge on any atom is -0.356 e. The van der Waals surface area contributed by atoms with Gasteiger partial charge in [-0.25, -0.2) is 5.84 Å². The second-order valence-electron chi connectivity index (χ2n) is 3.42. The topological polar surface area (TPSA) is 65.7 Å². The van der Waals surface area contributed by atoms with Crippen molar-refractivity contribution >= 4 is 5.96 Å². The van der Waals surface area contributed by atoms with E-state index in [1.165, 1.54) is 6.42 Å². The first-order valence-corrected chi connectivity index (χ1v) is 5.10. The third kappa shape index (κ3) is 7.82. The predicted octanol–water partition coefficient (Wildman–Crippen LogP) is -0.243. The highest BCUT2D eigenvalue weighted by atomic mass is 15.3. The number of aliphatic imine (C=N–C) groups is 1.